The molecular formula is C17H20N6O. The number of rotatable bonds is 3. The minimum Gasteiger partial charge on any atom is -0.391 e. The lowest BCUT2D eigenvalue weighted by Gasteiger charge is -2.34. The van der Waals surface area contributed by atoms with Gasteiger partial charge in [-0.3, -0.25) is 0 Å². The number of aliphatic hydroxyl groups excluding tert-OH is 1. The zero-order chi connectivity index (χ0) is 16.5. The number of fused-ring (bicyclic) bond motifs is 1. The van der Waals surface area contributed by atoms with Crippen molar-refractivity contribution < 1.29 is 5.11 Å². The molecule has 1 fully saturated rings. The second-order valence-electron chi connectivity index (χ2n) is 6.24. The van der Waals surface area contributed by atoms with Crippen molar-refractivity contribution in [2.75, 3.05) is 25.5 Å². The van der Waals surface area contributed by atoms with Gasteiger partial charge in [0.1, 0.15) is 11.3 Å². The molecule has 124 valence electrons. The van der Waals surface area contributed by atoms with Gasteiger partial charge in [-0.15, -0.1) is 0 Å². The van der Waals surface area contributed by atoms with Crippen LogP contribution in [0.2, 0.25) is 0 Å². The van der Waals surface area contributed by atoms with Gasteiger partial charge in [0.15, 0.2) is 5.65 Å². The molecule has 0 spiro atoms. The first-order chi connectivity index (χ1) is 11.7. The van der Waals surface area contributed by atoms with Crippen molar-refractivity contribution in [3.8, 4) is 11.3 Å². The van der Waals surface area contributed by atoms with Gasteiger partial charge in [0, 0.05) is 31.0 Å². The molecule has 1 aliphatic rings. The van der Waals surface area contributed by atoms with Crippen molar-refractivity contribution in [2.24, 2.45) is 0 Å². The maximum atomic E-state index is 10.3. The first kappa shape index (κ1) is 15.0. The minimum absolute atomic E-state index is 0.0543. The summed E-state index contributed by atoms with van der Waals surface area (Å²) in [5, 5.41) is 13.7. The number of piperidine rings is 1. The smallest absolute Gasteiger partial charge is 0.156 e. The van der Waals surface area contributed by atoms with Crippen LogP contribution in [0.15, 0.2) is 36.8 Å². The van der Waals surface area contributed by atoms with Crippen LogP contribution in [0.4, 0.5) is 5.82 Å². The zero-order valence-corrected chi connectivity index (χ0v) is 13.5. The second-order valence-corrected chi connectivity index (χ2v) is 6.24. The van der Waals surface area contributed by atoms with Gasteiger partial charge in [0.25, 0.3) is 0 Å². The van der Waals surface area contributed by atoms with Gasteiger partial charge in [-0.05, 0) is 31.7 Å². The van der Waals surface area contributed by atoms with Gasteiger partial charge in [-0.1, -0.05) is 0 Å². The Kier molecular flexibility index (Phi) is 3.87. The molecule has 7 nitrogen and oxygen atoms in total. The van der Waals surface area contributed by atoms with Crippen LogP contribution >= 0.6 is 0 Å². The maximum Gasteiger partial charge on any atom is 0.156 e. The zero-order valence-electron chi connectivity index (χ0n) is 13.5. The van der Waals surface area contributed by atoms with E-state index in [-0.39, 0.29) is 12.1 Å². The molecule has 4 heterocycles. The number of hydrogen-bond acceptors (Lipinski definition) is 6. The van der Waals surface area contributed by atoms with Gasteiger partial charge in [-0.25, -0.2) is 15.0 Å². The fraction of sp³-hybridized carbons (Fsp3) is 0.353. The molecule has 2 atom stereocenters. The molecule has 24 heavy (non-hydrogen) atoms. The number of aromatic amines is 1. The van der Waals surface area contributed by atoms with E-state index >= 15 is 0 Å². The highest BCUT2D eigenvalue weighted by atomic mass is 16.3. The van der Waals surface area contributed by atoms with E-state index < -0.39 is 0 Å². The molecule has 1 saturated heterocycles. The fourth-order valence-corrected chi connectivity index (χ4v) is 3.11. The standard InChI is InChI=1S/C17H20N6O/c1-23-8-5-15(24)14(10-23)22-16-11(3-2-6-18-16)13-9-20-17-12(21-13)4-7-19-17/h2-4,6-7,9,14-15,24H,5,8,10H2,1H3,(H,18,22)(H,19,20)/t14-,15-/m1/s1. The highest BCUT2D eigenvalue weighted by Crippen LogP contribution is 2.26. The van der Waals surface area contributed by atoms with Gasteiger partial charge in [0.2, 0.25) is 0 Å². The summed E-state index contributed by atoms with van der Waals surface area (Å²) in [5.74, 6) is 0.723. The van der Waals surface area contributed by atoms with Crippen LogP contribution in [0.1, 0.15) is 6.42 Å². The number of aliphatic hydroxyl groups is 1. The van der Waals surface area contributed by atoms with Crippen molar-refractivity contribution in [2.45, 2.75) is 18.6 Å². The molecule has 0 saturated carbocycles. The average molecular weight is 324 g/mol. The third-order valence-corrected chi connectivity index (χ3v) is 4.45. The lowest BCUT2D eigenvalue weighted by Crippen LogP contribution is -2.49. The summed E-state index contributed by atoms with van der Waals surface area (Å²) in [5.41, 5.74) is 3.23. The summed E-state index contributed by atoms with van der Waals surface area (Å²) in [7, 11) is 2.06. The summed E-state index contributed by atoms with van der Waals surface area (Å²) >= 11 is 0. The summed E-state index contributed by atoms with van der Waals surface area (Å²) in [6, 6.07) is 5.69. The topological polar surface area (TPSA) is 90.0 Å². The summed E-state index contributed by atoms with van der Waals surface area (Å²) < 4.78 is 0. The molecule has 0 unspecified atom stereocenters. The number of nitrogens with zero attached hydrogens (tertiary/aromatic N) is 4. The fourth-order valence-electron chi connectivity index (χ4n) is 3.11. The average Bonchev–Trinajstić information content (AvgIpc) is 3.06. The third kappa shape index (κ3) is 2.83. The van der Waals surface area contributed by atoms with Crippen molar-refractivity contribution in [3.05, 3.63) is 36.8 Å². The monoisotopic (exact) mass is 324 g/mol. The van der Waals surface area contributed by atoms with E-state index in [4.69, 9.17) is 0 Å². The van der Waals surface area contributed by atoms with Crippen LogP contribution in [0.5, 0.6) is 0 Å². The second kappa shape index (κ2) is 6.18. The number of likely N-dealkylation sites (tertiary alicyclic amines) is 1. The molecule has 3 aromatic heterocycles. The molecule has 0 aromatic carbocycles. The van der Waals surface area contributed by atoms with Crippen LogP contribution in [-0.2, 0) is 0 Å². The first-order valence-electron chi connectivity index (χ1n) is 8.09. The van der Waals surface area contributed by atoms with Gasteiger partial charge in [-0.2, -0.15) is 0 Å². The Morgan fingerprint density at radius 3 is 3.17 bits per heavy atom. The van der Waals surface area contributed by atoms with Crippen molar-refractivity contribution in [1.82, 2.24) is 24.8 Å². The Morgan fingerprint density at radius 1 is 1.33 bits per heavy atom. The molecule has 4 rings (SSSR count). The lowest BCUT2D eigenvalue weighted by molar-refractivity contribution is 0.0809. The van der Waals surface area contributed by atoms with Crippen LogP contribution in [0, 0.1) is 0 Å². The van der Waals surface area contributed by atoms with E-state index in [1.165, 1.54) is 0 Å². The van der Waals surface area contributed by atoms with Crippen molar-refractivity contribution in [3.63, 3.8) is 0 Å². The minimum atomic E-state index is -0.380. The van der Waals surface area contributed by atoms with Gasteiger partial charge < -0.3 is 20.3 Å². The van der Waals surface area contributed by atoms with Crippen LogP contribution in [0.3, 0.4) is 0 Å². The Hall–Kier alpha value is -2.51. The molecule has 3 aromatic rings. The quantitative estimate of drug-likeness (QED) is 0.676. The van der Waals surface area contributed by atoms with E-state index in [0.717, 1.165) is 47.7 Å². The number of nitrogens with one attached hydrogen (secondary N) is 2. The molecule has 0 amide bonds. The number of likely N-dealkylation sites (N-methyl/N-ethyl adjacent to an activating group) is 1. The van der Waals surface area contributed by atoms with Crippen LogP contribution in [0.25, 0.3) is 22.4 Å². The van der Waals surface area contributed by atoms with Gasteiger partial charge >= 0.3 is 0 Å². The number of H-pyrrole nitrogens is 1. The molecule has 0 radical (unpaired) electrons. The Balaban J connectivity index is 1.67. The van der Waals surface area contributed by atoms with Crippen LogP contribution in [-0.4, -0.2) is 62.2 Å². The van der Waals surface area contributed by atoms with E-state index in [0.29, 0.717) is 0 Å². The SMILES string of the molecule is CN1CC[C@@H](O)[C@H](Nc2ncccc2-c2cnc3[nH]ccc3n2)C1. The summed E-state index contributed by atoms with van der Waals surface area (Å²) in [4.78, 5) is 18.8. The van der Waals surface area contributed by atoms with Crippen molar-refractivity contribution in [1.29, 1.82) is 0 Å². The number of pyridine rings is 1. The predicted octanol–water partition coefficient (Wildman–Crippen LogP) is 1.50. The Morgan fingerprint density at radius 2 is 2.25 bits per heavy atom. The summed E-state index contributed by atoms with van der Waals surface area (Å²) in [6.45, 7) is 1.68. The summed E-state index contributed by atoms with van der Waals surface area (Å²) in [6.07, 6.45) is 5.68. The largest absolute Gasteiger partial charge is 0.391 e. The molecule has 7 heteroatoms. The molecular weight excluding hydrogens is 304 g/mol. The number of hydrogen-bond donors (Lipinski definition) is 3. The van der Waals surface area contributed by atoms with Crippen molar-refractivity contribution >= 4 is 17.0 Å². The number of anilines is 1. The Bertz CT molecular complexity index is 848. The molecule has 3 N–H and O–H groups in total. The van der Waals surface area contributed by atoms with Crippen LogP contribution < -0.4 is 5.32 Å². The third-order valence-electron chi connectivity index (χ3n) is 4.45. The highest BCUT2D eigenvalue weighted by molar-refractivity contribution is 5.78. The predicted molar refractivity (Wildman–Crippen MR) is 92.7 cm³/mol. The van der Waals surface area contributed by atoms with E-state index in [1.807, 2.05) is 24.4 Å². The van der Waals surface area contributed by atoms with E-state index in [2.05, 4.69) is 37.2 Å². The normalized spacial score (nSPS) is 21.9. The highest BCUT2D eigenvalue weighted by Gasteiger charge is 2.27. The molecule has 1 aliphatic heterocycles. The molecule has 0 bridgehead atoms. The number of aromatic nitrogens is 4. The molecule has 0 aliphatic carbocycles. The first-order valence-corrected chi connectivity index (χ1v) is 8.09. The van der Waals surface area contributed by atoms with E-state index in [9.17, 15) is 5.11 Å². The Labute approximate surface area is 139 Å². The van der Waals surface area contributed by atoms with E-state index in [1.54, 1.807) is 12.4 Å². The maximum absolute atomic E-state index is 10.3. The lowest BCUT2D eigenvalue weighted by atomic mass is 10.0. The van der Waals surface area contributed by atoms with Gasteiger partial charge in [0.05, 0.1) is 24.0 Å².